The van der Waals surface area contributed by atoms with E-state index < -0.39 is 37.3 Å². The highest BCUT2D eigenvalue weighted by Crippen LogP contribution is 2.49. The number of nitrogens with one attached hydrogen (secondary N) is 1. The molecule has 0 spiro atoms. The standard InChI is InChI=1S/C27H30NO6P/c29-26(30)24(18-22-12-6-2-7-13-22)20-35(32,33)25(17-16-21-10-4-1-5-11-21)28-27(31)34-19-23-14-8-3-9-15-23/h1-15,24-25H,16-20H2,(H,28,31)(H,29,30)(H,32,33). The van der Waals surface area contributed by atoms with Gasteiger partial charge in [-0.15, -0.1) is 0 Å². The fraction of sp³-hybridized carbons (Fsp3) is 0.259. The van der Waals surface area contributed by atoms with Crippen molar-refractivity contribution in [1.82, 2.24) is 5.32 Å². The second-order valence-electron chi connectivity index (χ2n) is 8.41. The molecule has 0 bridgehead atoms. The molecule has 1 amide bonds. The lowest BCUT2D eigenvalue weighted by molar-refractivity contribution is -0.141. The van der Waals surface area contributed by atoms with E-state index in [0.717, 1.165) is 16.7 Å². The number of alkyl carbamates (subject to hydrolysis) is 1. The fourth-order valence-corrected chi connectivity index (χ4v) is 5.81. The van der Waals surface area contributed by atoms with Crippen LogP contribution in [0.15, 0.2) is 91.0 Å². The average molecular weight is 496 g/mol. The molecular weight excluding hydrogens is 465 g/mol. The number of hydrogen-bond acceptors (Lipinski definition) is 4. The number of ether oxygens (including phenoxy) is 1. The summed E-state index contributed by atoms with van der Waals surface area (Å²) in [7, 11) is -4.13. The lowest BCUT2D eigenvalue weighted by Crippen LogP contribution is -2.37. The summed E-state index contributed by atoms with van der Waals surface area (Å²) in [6.45, 7) is 0.0135. The van der Waals surface area contributed by atoms with Crippen LogP contribution in [-0.2, 0) is 33.5 Å². The van der Waals surface area contributed by atoms with Crippen molar-refractivity contribution in [2.45, 2.75) is 31.7 Å². The molecule has 3 rings (SSSR count). The minimum atomic E-state index is -4.13. The van der Waals surface area contributed by atoms with Gasteiger partial charge in [-0.25, -0.2) is 4.79 Å². The van der Waals surface area contributed by atoms with Gasteiger partial charge in [0.25, 0.3) is 0 Å². The van der Waals surface area contributed by atoms with Gasteiger partial charge >= 0.3 is 12.1 Å². The third-order valence-electron chi connectivity index (χ3n) is 5.69. The van der Waals surface area contributed by atoms with E-state index in [1.807, 2.05) is 54.6 Å². The van der Waals surface area contributed by atoms with E-state index in [-0.39, 0.29) is 19.4 Å². The molecule has 0 aliphatic carbocycles. The van der Waals surface area contributed by atoms with Gasteiger partial charge in [0, 0.05) is 6.16 Å². The molecule has 0 radical (unpaired) electrons. The van der Waals surface area contributed by atoms with Crippen molar-refractivity contribution in [3.8, 4) is 0 Å². The van der Waals surface area contributed by atoms with Crippen molar-refractivity contribution in [3.63, 3.8) is 0 Å². The molecule has 3 N–H and O–H groups in total. The van der Waals surface area contributed by atoms with E-state index in [1.165, 1.54) is 0 Å². The zero-order valence-electron chi connectivity index (χ0n) is 19.3. The number of carbonyl (C=O) groups excluding carboxylic acids is 1. The van der Waals surface area contributed by atoms with E-state index in [1.54, 1.807) is 36.4 Å². The maximum atomic E-state index is 13.5. The molecule has 0 saturated carbocycles. The predicted molar refractivity (Wildman–Crippen MR) is 134 cm³/mol. The molecule has 0 aromatic heterocycles. The number of carboxylic acids is 1. The summed E-state index contributed by atoms with van der Waals surface area (Å²) in [6, 6.07) is 27.4. The minimum absolute atomic E-state index is 0.0135. The Morgan fingerprint density at radius 1 is 0.829 bits per heavy atom. The van der Waals surface area contributed by atoms with Gasteiger partial charge in [-0.2, -0.15) is 0 Å². The maximum absolute atomic E-state index is 13.5. The molecule has 8 heteroatoms. The van der Waals surface area contributed by atoms with E-state index in [4.69, 9.17) is 4.74 Å². The van der Waals surface area contributed by atoms with Gasteiger partial charge in [0.1, 0.15) is 12.4 Å². The van der Waals surface area contributed by atoms with Crippen LogP contribution in [0.4, 0.5) is 4.79 Å². The first-order valence-electron chi connectivity index (χ1n) is 11.4. The van der Waals surface area contributed by atoms with Crippen molar-refractivity contribution in [2.24, 2.45) is 5.92 Å². The van der Waals surface area contributed by atoms with Crippen LogP contribution in [0.5, 0.6) is 0 Å². The number of rotatable bonds is 12. The summed E-state index contributed by atoms with van der Waals surface area (Å²) in [6.07, 6.45) is -0.571. The summed E-state index contributed by atoms with van der Waals surface area (Å²) in [5, 5.41) is 12.3. The first-order chi connectivity index (χ1) is 16.8. The monoisotopic (exact) mass is 495 g/mol. The Kier molecular flexibility index (Phi) is 9.65. The molecule has 3 aromatic carbocycles. The molecule has 0 fully saturated rings. The molecule has 3 unspecified atom stereocenters. The lowest BCUT2D eigenvalue weighted by Gasteiger charge is -2.26. The van der Waals surface area contributed by atoms with Gasteiger partial charge in [0.15, 0.2) is 0 Å². The first-order valence-corrected chi connectivity index (χ1v) is 13.3. The Morgan fingerprint density at radius 3 is 1.89 bits per heavy atom. The topological polar surface area (TPSA) is 113 Å². The molecule has 184 valence electrons. The average Bonchev–Trinajstić information content (AvgIpc) is 2.86. The van der Waals surface area contributed by atoms with Crippen molar-refractivity contribution < 1.29 is 28.9 Å². The first kappa shape index (κ1) is 26.2. The highest BCUT2D eigenvalue weighted by molar-refractivity contribution is 7.58. The van der Waals surface area contributed by atoms with E-state index in [9.17, 15) is 24.2 Å². The zero-order chi connectivity index (χ0) is 25.1. The van der Waals surface area contributed by atoms with Crippen LogP contribution in [0.3, 0.4) is 0 Å². The summed E-state index contributed by atoms with van der Waals surface area (Å²) in [5.74, 6) is -3.38. The van der Waals surface area contributed by atoms with E-state index in [0.29, 0.717) is 6.42 Å². The molecular formula is C27H30NO6P. The Morgan fingerprint density at radius 2 is 1.34 bits per heavy atom. The van der Waals surface area contributed by atoms with Gasteiger partial charge in [-0.3, -0.25) is 9.36 Å². The molecule has 0 heterocycles. The summed E-state index contributed by atoms with van der Waals surface area (Å²) < 4.78 is 18.7. The molecule has 0 saturated heterocycles. The largest absolute Gasteiger partial charge is 0.481 e. The van der Waals surface area contributed by atoms with Gasteiger partial charge in [0.05, 0.1) is 5.92 Å². The van der Waals surface area contributed by atoms with Gasteiger partial charge in [-0.05, 0) is 36.0 Å². The van der Waals surface area contributed by atoms with Crippen LogP contribution in [0, 0.1) is 5.92 Å². The number of carbonyl (C=O) groups is 2. The molecule has 3 atom stereocenters. The Balaban J connectivity index is 1.72. The molecule has 0 aliphatic heterocycles. The number of benzene rings is 3. The third-order valence-corrected chi connectivity index (χ3v) is 8.01. The fourth-order valence-electron chi connectivity index (χ4n) is 3.80. The number of amides is 1. The van der Waals surface area contributed by atoms with Crippen molar-refractivity contribution >= 4 is 19.4 Å². The third kappa shape index (κ3) is 8.71. The number of carboxylic acid groups (broad SMARTS) is 1. The summed E-state index contributed by atoms with van der Waals surface area (Å²) in [4.78, 5) is 35.4. The molecule has 3 aromatic rings. The molecule has 0 aliphatic rings. The van der Waals surface area contributed by atoms with Crippen LogP contribution in [0.1, 0.15) is 23.1 Å². The number of aryl methyl sites for hydroxylation is 1. The minimum Gasteiger partial charge on any atom is -0.481 e. The van der Waals surface area contributed by atoms with Crippen LogP contribution < -0.4 is 5.32 Å². The summed E-state index contributed by atoms with van der Waals surface area (Å²) >= 11 is 0. The van der Waals surface area contributed by atoms with Crippen LogP contribution >= 0.6 is 7.37 Å². The lowest BCUT2D eigenvalue weighted by atomic mass is 10.0. The number of aliphatic carboxylic acids is 1. The number of hydrogen-bond donors (Lipinski definition) is 3. The highest BCUT2D eigenvalue weighted by Gasteiger charge is 2.37. The highest BCUT2D eigenvalue weighted by atomic mass is 31.2. The molecule has 35 heavy (non-hydrogen) atoms. The molecule has 7 nitrogen and oxygen atoms in total. The van der Waals surface area contributed by atoms with Crippen LogP contribution in [0.25, 0.3) is 0 Å². The van der Waals surface area contributed by atoms with Crippen molar-refractivity contribution in [2.75, 3.05) is 6.16 Å². The van der Waals surface area contributed by atoms with Gasteiger partial charge in [-0.1, -0.05) is 91.0 Å². The quantitative estimate of drug-likeness (QED) is 0.302. The van der Waals surface area contributed by atoms with Gasteiger partial charge < -0.3 is 20.1 Å². The second kappa shape index (κ2) is 12.9. The Hall–Kier alpha value is -3.41. The predicted octanol–water partition coefficient (Wildman–Crippen LogP) is 5.09. The van der Waals surface area contributed by atoms with Gasteiger partial charge in [0.2, 0.25) is 7.37 Å². The van der Waals surface area contributed by atoms with E-state index in [2.05, 4.69) is 5.32 Å². The Labute approximate surface area is 205 Å². The van der Waals surface area contributed by atoms with Crippen molar-refractivity contribution in [3.05, 3.63) is 108 Å². The van der Waals surface area contributed by atoms with E-state index >= 15 is 0 Å². The summed E-state index contributed by atoms with van der Waals surface area (Å²) in [5.41, 5.74) is 2.48. The van der Waals surface area contributed by atoms with Crippen molar-refractivity contribution in [1.29, 1.82) is 0 Å². The SMILES string of the molecule is O=C(NC(CCc1ccccc1)P(=O)(O)CC(Cc1ccccc1)C(=O)O)OCc1ccccc1. The maximum Gasteiger partial charge on any atom is 0.408 e. The van der Waals surface area contributed by atoms with Crippen LogP contribution in [0.2, 0.25) is 0 Å². The Bertz CT molecular complexity index is 1120. The van der Waals surface area contributed by atoms with Crippen LogP contribution in [-0.4, -0.2) is 34.0 Å². The zero-order valence-corrected chi connectivity index (χ0v) is 20.2. The second-order valence-corrected chi connectivity index (χ2v) is 10.9. The normalized spacial score (nSPS) is 14.3. The smallest absolute Gasteiger partial charge is 0.408 e.